The Balaban J connectivity index is 0.00000361. The van der Waals surface area contributed by atoms with Crippen LogP contribution in [0, 0.1) is 0 Å². The molecule has 1 rings (SSSR count). The molecule has 0 radical (unpaired) electrons. The maximum atomic E-state index is 12.1. The van der Waals surface area contributed by atoms with Crippen molar-refractivity contribution < 1.29 is 21.6 Å². The van der Waals surface area contributed by atoms with Crippen molar-refractivity contribution in [2.45, 2.75) is 24.5 Å². The van der Waals surface area contributed by atoms with Gasteiger partial charge in [0.1, 0.15) is 11.4 Å². The van der Waals surface area contributed by atoms with Gasteiger partial charge in [0.05, 0.1) is 6.20 Å². The zero-order valence-corrected chi connectivity index (χ0v) is 12.3. The molecule has 118 valence electrons. The second-order valence-corrected chi connectivity index (χ2v) is 5.51. The van der Waals surface area contributed by atoms with Crippen molar-refractivity contribution in [2.75, 3.05) is 19.6 Å². The van der Waals surface area contributed by atoms with E-state index in [9.17, 15) is 21.6 Å². The van der Waals surface area contributed by atoms with E-state index in [2.05, 4.69) is 15.1 Å². The number of rotatable bonds is 7. The molecule has 1 aromatic rings. The molecule has 11 heteroatoms. The molecule has 0 bridgehead atoms. The fraction of sp³-hybridized carbons (Fsp3) is 0.667. The third-order valence-corrected chi connectivity index (χ3v) is 3.52. The average molecular weight is 337 g/mol. The highest BCUT2D eigenvalue weighted by Gasteiger charge is 2.29. The summed E-state index contributed by atoms with van der Waals surface area (Å²) in [4.78, 5) is -0.284. The van der Waals surface area contributed by atoms with Gasteiger partial charge in [-0.2, -0.15) is 18.3 Å². The quantitative estimate of drug-likeness (QED) is 0.721. The van der Waals surface area contributed by atoms with Crippen LogP contribution in [-0.4, -0.2) is 44.0 Å². The summed E-state index contributed by atoms with van der Waals surface area (Å²) < 4.78 is 62.5. The first-order valence-electron chi connectivity index (χ1n) is 5.54. The third kappa shape index (κ3) is 6.55. The highest BCUT2D eigenvalue weighted by Crippen LogP contribution is 2.17. The molecular weight excluding hydrogens is 321 g/mol. The van der Waals surface area contributed by atoms with Gasteiger partial charge in [0, 0.05) is 19.3 Å². The molecule has 0 atom stereocenters. The molecule has 0 aliphatic rings. The van der Waals surface area contributed by atoms with Gasteiger partial charge in [-0.05, 0) is 6.54 Å². The predicted octanol–water partition coefficient (Wildman–Crippen LogP) is 0.755. The summed E-state index contributed by atoms with van der Waals surface area (Å²) in [6, 6.07) is 0. The Kier molecular flexibility index (Phi) is 7.49. The number of hydrogen-bond acceptors (Lipinski definition) is 4. The Morgan fingerprint density at radius 2 is 2.00 bits per heavy atom. The minimum Gasteiger partial charge on any atom is -0.316 e. The van der Waals surface area contributed by atoms with Crippen molar-refractivity contribution in [3.05, 3.63) is 12.4 Å². The Labute approximate surface area is 121 Å². The highest BCUT2D eigenvalue weighted by molar-refractivity contribution is 7.89. The second-order valence-electron chi connectivity index (χ2n) is 3.74. The van der Waals surface area contributed by atoms with E-state index in [4.69, 9.17) is 0 Å². The SMILES string of the molecule is CCNCCNS(=O)(=O)c1cnn(CC(F)(F)F)c1.Cl. The molecule has 1 heterocycles. The minimum atomic E-state index is -4.44. The van der Waals surface area contributed by atoms with E-state index in [1.807, 2.05) is 6.92 Å². The lowest BCUT2D eigenvalue weighted by atomic mass is 10.6. The van der Waals surface area contributed by atoms with E-state index >= 15 is 0 Å². The van der Waals surface area contributed by atoms with E-state index in [0.717, 1.165) is 12.4 Å². The van der Waals surface area contributed by atoms with Crippen LogP contribution < -0.4 is 10.0 Å². The van der Waals surface area contributed by atoms with E-state index in [1.165, 1.54) is 0 Å². The fourth-order valence-electron chi connectivity index (χ4n) is 1.29. The first kappa shape index (κ1) is 19.2. The van der Waals surface area contributed by atoms with E-state index in [-0.39, 0.29) is 23.8 Å². The Bertz CT molecular complexity index is 504. The lowest BCUT2D eigenvalue weighted by Gasteiger charge is -2.06. The second kappa shape index (κ2) is 7.81. The number of halogens is 4. The van der Waals surface area contributed by atoms with E-state index < -0.39 is 22.7 Å². The number of nitrogens with zero attached hydrogens (tertiary/aromatic N) is 2. The van der Waals surface area contributed by atoms with Gasteiger partial charge in [-0.15, -0.1) is 12.4 Å². The monoisotopic (exact) mass is 336 g/mol. The first-order valence-corrected chi connectivity index (χ1v) is 7.02. The smallest absolute Gasteiger partial charge is 0.316 e. The van der Waals surface area contributed by atoms with Crippen LogP contribution in [0.3, 0.4) is 0 Å². The Hall–Kier alpha value is -0.840. The molecule has 6 nitrogen and oxygen atoms in total. The van der Waals surface area contributed by atoms with Crippen molar-refractivity contribution in [3.63, 3.8) is 0 Å². The molecule has 2 N–H and O–H groups in total. The number of aromatic nitrogens is 2. The summed E-state index contributed by atoms with van der Waals surface area (Å²) in [5, 5.41) is 6.29. The van der Waals surface area contributed by atoms with Gasteiger partial charge >= 0.3 is 6.18 Å². The minimum absolute atomic E-state index is 0. The zero-order valence-electron chi connectivity index (χ0n) is 10.6. The van der Waals surface area contributed by atoms with Crippen LogP contribution in [0.25, 0.3) is 0 Å². The average Bonchev–Trinajstić information content (AvgIpc) is 2.71. The normalized spacial score (nSPS) is 12.2. The van der Waals surface area contributed by atoms with Crippen LogP contribution in [0.5, 0.6) is 0 Å². The molecule has 0 fully saturated rings. The van der Waals surface area contributed by atoms with Crippen LogP contribution in [0.15, 0.2) is 17.3 Å². The van der Waals surface area contributed by atoms with Gasteiger partial charge in [0.2, 0.25) is 10.0 Å². The van der Waals surface area contributed by atoms with E-state index in [1.54, 1.807) is 0 Å². The van der Waals surface area contributed by atoms with Gasteiger partial charge in [-0.25, -0.2) is 13.1 Å². The van der Waals surface area contributed by atoms with Crippen LogP contribution in [0.1, 0.15) is 6.92 Å². The molecule has 0 aliphatic heterocycles. The van der Waals surface area contributed by atoms with Crippen LogP contribution >= 0.6 is 12.4 Å². The van der Waals surface area contributed by atoms with Gasteiger partial charge < -0.3 is 5.32 Å². The number of likely N-dealkylation sites (N-methyl/N-ethyl adjacent to an activating group) is 1. The maximum absolute atomic E-state index is 12.1. The molecule has 0 saturated carbocycles. The summed E-state index contributed by atoms with van der Waals surface area (Å²) in [5.74, 6) is 0. The van der Waals surface area contributed by atoms with Gasteiger partial charge in [0.25, 0.3) is 0 Å². The molecule has 20 heavy (non-hydrogen) atoms. The third-order valence-electron chi connectivity index (χ3n) is 2.10. The Morgan fingerprint density at radius 3 is 2.55 bits per heavy atom. The van der Waals surface area contributed by atoms with Crippen molar-refractivity contribution in [3.8, 4) is 0 Å². The summed E-state index contributed by atoms with van der Waals surface area (Å²) in [7, 11) is -3.82. The van der Waals surface area contributed by atoms with E-state index in [0.29, 0.717) is 17.8 Å². The molecule has 0 aromatic carbocycles. The summed E-state index contributed by atoms with van der Waals surface area (Å²) in [5.41, 5.74) is 0. The number of hydrogen-bond donors (Lipinski definition) is 2. The fourth-order valence-corrected chi connectivity index (χ4v) is 2.27. The topological polar surface area (TPSA) is 76.0 Å². The van der Waals surface area contributed by atoms with Crippen LogP contribution in [0.4, 0.5) is 13.2 Å². The number of sulfonamides is 1. The van der Waals surface area contributed by atoms with Crippen LogP contribution in [-0.2, 0) is 16.6 Å². The summed E-state index contributed by atoms with van der Waals surface area (Å²) in [6.07, 6.45) is -2.70. The molecule has 0 unspecified atom stereocenters. The lowest BCUT2D eigenvalue weighted by molar-refractivity contribution is -0.142. The van der Waals surface area contributed by atoms with Crippen molar-refractivity contribution in [1.29, 1.82) is 0 Å². The Morgan fingerprint density at radius 1 is 1.35 bits per heavy atom. The first-order chi connectivity index (χ1) is 8.74. The molecular formula is C9H16ClF3N4O2S. The largest absolute Gasteiger partial charge is 0.408 e. The number of alkyl halides is 3. The molecule has 0 saturated heterocycles. The van der Waals surface area contributed by atoms with Gasteiger partial charge in [-0.3, -0.25) is 4.68 Å². The zero-order chi connectivity index (χ0) is 14.5. The predicted molar refractivity (Wildman–Crippen MR) is 69.3 cm³/mol. The van der Waals surface area contributed by atoms with Crippen molar-refractivity contribution in [1.82, 2.24) is 19.8 Å². The van der Waals surface area contributed by atoms with Crippen LogP contribution in [0.2, 0.25) is 0 Å². The lowest BCUT2D eigenvalue weighted by Crippen LogP contribution is -2.31. The number of nitrogens with one attached hydrogen (secondary N) is 2. The van der Waals surface area contributed by atoms with Gasteiger partial charge in [-0.1, -0.05) is 6.92 Å². The summed E-state index contributed by atoms with van der Waals surface area (Å²) in [6.45, 7) is 1.84. The van der Waals surface area contributed by atoms with Crippen molar-refractivity contribution in [2.24, 2.45) is 0 Å². The molecule has 0 amide bonds. The van der Waals surface area contributed by atoms with Gasteiger partial charge in [0.15, 0.2) is 0 Å². The highest BCUT2D eigenvalue weighted by atomic mass is 35.5. The maximum Gasteiger partial charge on any atom is 0.408 e. The molecule has 1 aromatic heterocycles. The summed E-state index contributed by atoms with van der Waals surface area (Å²) >= 11 is 0. The molecule has 0 spiro atoms. The molecule has 0 aliphatic carbocycles. The standard InChI is InChI=1S/C9H15F3N4O2S.ClH/c1-2-13-3-4-15-19(17,18)8-5-14-16(6-8)7-9(10,11)12;/h5-6,13,15H,2-4,7H2,1H3;1H. The van der Waals surface area contributed by atoms with Crippen molar-refractivity contribution >= 4 is 22.4 Å².